The zero-order valence-corrected chi connectivity index (χ0v) is 14.0. The predicted molar refractivity (Wildman–Crippen MR) is 84.1 cm³/mol. The lowest BCUT2D eigenvalue weighted by Gasteiger charge is -2.06. The molecule has 3 aromatic heterocycles. The van der Waals surface area contributed by atoms with Crippen LogP contribution >= 0.6 is 0 Å². The van der Waals surface area contributed by atoms with E-state index < -0.39 is 18.0 Å². The van der Waals surface area contributed by atoms with Crippen LogP contribution in [-0.4, -0.2) is 35.8 Å². The highest BCUT2D eigenvalue weighted by Crippen LogP contribution is 2.56. The van der Waals surface area contributed by atoms with Crippen molar-refractivity contribution in [3.8, 4) is 11.4 Å². The van der Waals surface area contributed by atoms with E-state index in [4.69, 9.17) is 0 Å². The molecule has 2 unspecified atom stereocenters. The van der Waals surface area contributed by atoms with E-state index in [0.717, 1.165) is 5.56 Å². The minimum Gasteiger partial charge on any atom is -0.263 e. The average molecular weight is 350 g/mol. The Bertz CT molecular complexity index is 955. The molecule has 3 aromatic rings. The normalized spacial score (nSPS) is 20.4. The maximum atomic E-state index is 12.9. The van der Waals surface area contributed by atoms with Gasteiger partial charge in [-0.05, 0) is 44.9 Å². The van der Waals surface area contributed by atoms with Crippen molar-refractivity contribution in [2.75, 3.05) is 0 Å². The summed E-state index contributed by atoms with van der Waals surface area (Å²) >= 11 is 0. The Morgan fingerprint density at radius 3 is 2.56 bits per heavy atom. The topological polar surface area (TPSA) is 60.9 Å². The molecule has 4 rings (SSSR count). The van der Waals surface area contributed by atoms with Crippen LogP contribution in [0.4, 0.5) is 13.2 Å². The van der Waals surface area contributed by atoms with E-state index in [2.05, 4.69) is 20.4 Å². The number of hydrogen-bond donors (Lipinski definition) is 0. The summed E-state index contributed by atoms with van der Waals surface area (Å²) in [5, 5.41) is 17.0. The van der Waals surface area contributed by atoms with Gasteiger partial charge in [-0.15, -0.1) is 10.2 Å². The molecule has 0 N–H and O–H groups in total. The monoisotopic (exact) mass is 350 g/mol. The highest BCUT2D eigenvalue weighted by Gasteiger charge is 2.57. The molecule has 0 aromatic carbocycles. The molecular formula is C16H17F3N6. The van der Waals surface area contributed by atoms with Crippen LogP contribution in [0.15, 0.2) is 12.1 Å². The number of fused-ring (bicyclic) bond motifs is 1. The first kappa shape index (κ1) is 16.0. The van der Waals surface area contributed by atoms with E-state index in [-0.39, 0.29) is 6.42 Å². The van der Waals surface area contributed by atoms with Crippen LogP contribution in [0, 0.1) is 19.8 Å². The van der Waals surface area contributed by atoms with Gasteiger partial charge in [0.05, 0.1) is 17.3 Å². The standard InChI is InChI=1S/C16H17F3N6/c1-4-24-14(7-12(22-24)10-6-11(10)16(17,18)19)13-5-8(2)15-21-20-9(3)25(15)23-13/h5,7,10-11H,4,6H2,1-3H3. The van der Waals surface area contributed by atoms with E-state index >= 15 is 0 Å². The van der Waals surface area contributed by atoms with Gasteiger partial charge in [-0.1, -0.05) is 0 Å². The molecule has 1 saturated carbocycles. The summed E-state index contributed by atoms with van der Waals surface area (Å²) in [7, 11) is 0. The van der Waals surface area contributed by atoms with Gasteiger partial charge >= 0.3 is 6.18 Å². The van der Waals surface area contributed by atoms with Crippen LogP contribution in [0.2, 0.25) is 0 Å². The molecule has 1 fully saturated rings. The van der Waals surface area contributed by atoms with Crippen molar-refractivity contribution < 1.29 is 13.2 Å². The number of halogens is 3. The fourth-order valence-electron chi connectivity index (χ4n) is 3.20. The fraction of sp³-hybridized carbons (Fsp3) is 0.500. The number of hydrogen-bond acceptors (Lipinski definition) is 4. The second-order valence-corrected chi connectivity index (χ2v) is 6.46. The van der Waals surface area contributed by atoms with E-state index in [1.54, 1.807) is 22.2 Å². The quantitative estimate of drug-likeness (QED) is 0.727. The van der Waals surface area contributed by atoms with Gasteiger partial charge < -0.3 is 0 Å². The second kappa shape index (κ2) is 5.27. The third-order valence-electron chi connectivity index (χ3n) is 4.66. The van der Waals surface area contributed by atoms with Crippen molar-refractivity contribution in [2.24, 2.45) is 5.92 Å². The summed E-state index contributed by atoms with van der Waals surface area (Å²) in [6.07, 6.45) is -4.05. The Labute approximate surface area is 141 Å². The molecule has 3 heterocycles. The van der Waals surface area contributed by atoms with Gasteiger partial charge in [-0.2, -0.15) is 27.9 Å². The van der Waals surface area contributed by atoms with Crippen LogP contribution in [-0.2, 0) is 6.54 Å². The minimum atomic E-state index is -4.16. The van der Waals surface area contributed by atoms with Crippen molar-refractivity contribution in [1.82, 2.24) is 29.6 Å². The SMILES string of the molecule is CCn1nc(C2CC2C(F)(F)F)cc1-c1cc(C)c2nnc(C)n2n1. The third-order valence-corrected chi connectivity index (χ3v) is 4.66. The Kier molecular flexibility index (Phi) is 3.38. The van der Waals surface area contributed by atoms with Crippen LogP contribution in [0.3, 0.4) is 0 Å². The minimum absolute atomic E-state index is 0.111. The lowest BCUT2D eigenvalue weighted by Crippen LogP contribution is -2.11. The lowest BCUT2D eigenvalue weighted by molar-refractivity contribution is -0.148. The van der Waals surface area contributed by atoms with Crippen molar-refractivity contribution in [3.05, 3.63) is 29.2 Å². The van der Waals surface area contributed by atoms with Gasteiger partial charge in [0.2, 0.25) is 0 Å². The van der Waals surface area contributed by atoms with Crippen LogP contribution in [0.25, 0.3) is 17.0 Å². The summed E-state index contributed by atoms with van der Waals surface area (Å²) < 4.78 is 41.9. The molecule has 0 bridgehead atoms. The molecule has 0 radical (unpaired) electrons. The number of alkyl halides is 3. The lowest BCUT2D eigenvalue weighted by atomic mass is 10.2. The number of aromatic nitrogens is 6. The number of aryl methyl sites for hydroxylation is 3. The fourth-order valence-corrected chi connectivity index (χ4v) is 3.20. The largest absolute Gasteiger partial charge is 0.392 e. The van der Waals surface area contributed by atoms with Crippen LogP contribution in [0.5, 0.6) is 0 Å². The Morgan fingerprint density at radius 2 is 1.92 bits per heavy atom. The maximum absolute atomic E-state index is 12.9. The molecule has 2 atom stereocenters. The molecule has 0 aliphatic heterocycles. The molecule has 132 valence electrons. The van der Waals surface area contributed by atoms with E-state index in [0.29, 0.717) is 35.1 Å². The smallest absolute Gasteiger partial charge is 0.263 e. The van der Waals surface area contributed by atoms with E-state index in [1.165, 1.54) is 0 Å². The van der Waals surface area contributed by atoms with Crippen molar-refractivity contribution in [2.45, 2.75) is 45.8 Å². The number of rotatable bonds is 3. The number of nitrogens with zero attached hydrogens (tertiary/aromatic N) is 6. The molecule has 0 spiro atoms. The molecule has 1 aliphatic rings. The Hall–Kier alpha value is -2.45. The van der Waals surface area contributed by atoms with Gasteiger partial charge in [0.25, 0.3) is 0 Å². The summed E-state index contributed by atoms with van der Waals surface area (Å²) in [4.78, 5) is 0. The molecule has 0 saturated heterocycles. The van der Waals surface area contributed by atoms with E-state index in [1.807, 2.05) is 19.9 Å². The predicted octanol–water partition coefficient (Wildman–Crippen LogP) is 3.29. The Balaban J connectivity index is 1.77. The van der Waals surface area contributed by atoms with Crippen molar-refractivity contribution in [3.63, 3.8) is 0 Å². The highest BCUT2D eigenvalue weighted by molar-refractivity contribution is 5.60. The van der Waals surface area contributed by atoms with Gasteiger partial charge in [0.15, 0.2) is 11.5 Å². The van der Waals surface area contributed by atoms with Crippen LogP contribution in [0.1, 0.15) is 36.3 Å². The second-order valence-electron chi connectivity index (χ2n) is 6.46. The first-order chi connectivity index (χ1) is 11.8. The molecule has 9 heteroatoms. The summed E-state index contributed by atoms with van der Waals surface area (Å²) in [5.74, 6) is -1.17. The zero-order valence-electron chi connectivity index (χ0n) is 14.0. The molecule has 25 heavy (non-hydrogen) atoms. The first-order valence-electron chi connectivity index (χ1n) is 8.14. The molecule has 1 aliphatic carbocycles. The first-order valence-corrected chi connectivity index (χ1v) is 8.14. The Morgan fingerprint density at radius 1 is 1.16 bits per heavy atom. The van der Waals surface area contributed by atoms with Crippen molar-refractivity contribution in [1.29, 1.82) is 0 Å². The zero-order chi connectivity index (χ0) is 17.9. The summed E-state index contributed by atoms with van der Waals surface area (Å²) in [6, 6.07) is 3.59. The summed E-state index contributed by atoms with van der Waals surface area (Å²) in [5.41, 5.74) is 3.42. The van der Waals surface area contributed by atoms with Crippen LogP contribution < -0.4 is 0 Å². The van der Waals surface area contributed by atoms with Gasteiger partial charge in [0.1, 0.15) is 5.69 Å². The molecular weight excluding hydrogens is 333 g/mol. The van der Waals surface area contributed by atoms with Gasteiger partial charge in [-0.25, -0.2) is 0 Å². The summed E-state index contributed by atoms with van der Waals surface area (Å²) in [6.45, 7) is 6.17. The average Bonchev–Trinajstić information content (AvgIpc) is 3.12. The maximum Gasteiger partial charge on any atom is 0.392 e. The highest BCUT2D eigenvalue weighted by atomic mass is 19.4. The molecule has 6 nitrogen and oxygen atoms in total. The van der Waals surface area contributed by atoms with Gasteiger partial charge in [-0.3, -0.25) is 4.68 Å². The van der Waals surface area contributed by atoms with Crippen molar-refractivity contribution >= 4 is 5.65 Å². The third kappa shape index (κ3) is 2.58. The van der Waals surface area contributed by atoms with Gasteiger partial charge in [0, 0.05) is 12.5 Å². The molecule has 0 amide bonds. The van der Waals surface area contributed by atoms with E-state index in [9.17, 15) is 13.2 Å².